The third-order valence-corrected chi connectivity index (χ3v) is 13.8. The van der Waals surface area contributed by atoms with Crippen molar-refractivity contribution in [1.29, 1.82) is 0 Å². The normalized spacial score (nSPS) is 35.1. The summed E-state index contributed by atoms with van der Waals surface area (Å²) < 4.78 is 0. The molecular formula is C19H32BP. The summed E-state index contributed by atoms with van der Waals surface area (Å²) in [6.45, 7) is 0. The summed E-state index contributed by atoms with van der Waals surface area (Å²) in [6.07, 6.45) is 24.7. The van der Waals surface area contributed by atoms with E-state index < -0.39 is 7.14 Å². The van der Waals surface area contributed by atoms with Crippen LogP contribution in [0.5, 0.6) is 0 Å². The average Bonchev–Trinajstić information content (AvgIpc) is 3.19. The first-order valence-corrected chi connectivity index (χ1v) is 12.3. The van der Waals surface area contributed by atoms with Gasteiger partial charge in [0.15, 0.2) is 0 Å². The minimum absolute atomic E-state index is 0.823. The van der Waals surface area contributed by atoms with E-state index in [1.165, 1.54) is 44.9 Å². The monoisotopic (exact) mass is 302 g/mol. The van der Waals surface area contributed by atoms with Crippen LogP contribution < -0.4 is 0 Å². The van der Waals surface area contributed by atoms with Crippen LogP contribution in [0.4, 0.5) is 0 Å². The van der Waals surface area contributed by atoms with Crippen molar-refractivity contribution in [2.24, 2.45) is 11.8 Å². The van der Waals surface area contributed by atoms with Crippen LogP contribution in [0.15, 0.2) is 23.5 Å². The molecule has 2 bridgehead atoms. The second-order valence-corrected chi connectivity index (χ2v) is 13.2. The van der Waals surface area contributed by atoms with Gasteiger partial charge in [0, 0.05) is 0 Å². The molecule has 0 heterocycles. The van der Waals surface area contributed by atoms with Crippen molar-refractivity contribution >= 4 is 14.7 Å². The Bertz CT molecular complexity index is 422. The van der Waals surface area contributed by atoms with Crippen molar-refractivity contribution in [2.75, 3.05) is 0 Å². The molecule has 0 amide bonds. The number of fused-ring (bicyclic) bond motifs is 2. The fraction of sp³-hybridized carbons (Fsp3) is 0.789. The molecule has 0 aliphatic heterocycles. The van der Waals surface area contributed by atoms with E-state index in [1.54, 1.807) is 25.7 Å². The molecule has 4 aliphatic carbocycles. The van der Waals surface area contributed by atoms with Gasteiger partial charge < -0.3 is 0 Å². The molecule has 0 N–H and O–H groups in total. The van der Waals surface area contributed by atoms with Crippen LogP contribution in [0, 0.1) is 11.8 Å². The molecule has 0 spiro atoms. The average molecular weight is 302 g/mol. The van der Waals surface area contributed by atoms with Gasteiger partial charge in [-0.3, -0.25) is 0 Å². The molecule has 0 nitrogen and oxygen atoms in total. The molecule has 0 aromatic rings. The number of rotatable bonds is 3. The van der Waals surface area contributed by atoms with E-state index in [4.69, 9.17) is 0 Å². The molecule has 21 heavy (non-hydrogen) atoms. The Labute approximate surface area is 132 Å². The molecule has 0 saturated heterocycles. The zero-order valence-electron chi connectivity index (χ0n) is 13.8. The Hall–Kier alpha value is -0.0251. The van der Waals surface area contributed by atoms with Crippen LogP contribution in [-0.4, -0.2) is 18.9 Å². The van der Waals surface area contributed by atoms with Crippen molar-refractivity contribution in [1.82, 2.24) is 0 Å². The molecule has 0 aromatic carbocycles. The van der Waals surface area contributed by atoms with Crippen molar-refractivity contribution in [3.05, 3.63) is 23.5 Å². The van der Waals surface area contributed by atoms with E-state index in [9.17, 15) is 0 Å². The Morgan fingerprint density at radius 3 is 1.81 bits per heavy atom. The summed E-state index contributed by atoms with van der Waals surface area (Å²) in [5, 5.41) is 2.02. The molecule has 2 atom stereocenters. The fourth-order valence-corrected chi connectivity index (χ4v) is 12.6. The van der Waals surface area contributed by atoms with Gasteiger partial charge in [0.05, 0.1) is 0 Å². The zero-order chi connectivity index (χ0) is 14.3. The topological polar surface area (TPSA) is 0 Å². The van der Waals surface area contributed by atoms with E-state index in [0.29, 0.717) is 0 Å². The summed E-state index contributed by atoms with van der Waals surface area (Å²) in [5.41, 5.74) is 2.24. The molecule has 4 aliphatic rings. The van der Waals surface area contributed by atoms with Crippen molar-refractivity contribution in [3.8, 4) is 0 Å². The van der Waals surface area contributed by atoms with E-state index in [0.717, 1.165) is 23.2 Å². The minimum atomic E-state index is -1.26. The Morgan fingerprint density at radius 1 is 0.810 bits per heavy atom. The quantitative estimate of drug-likeness (QED) is 0.389. The van der Waals surface area contributed by atoms with Crippen molar-refractivity contribution in [2.45, 2.75) is 81.9 Å². The molecule has 4 rings (SSSR count). The SMILES string of the molecule is B[PH](C1=CC2C=CC1C2)(C1CCCCC1)C1CCCCC1. The maximum atomic E-state index is 2.83. The predicted molar refractivity (Wildman–Crippen MR) is 99.4 cm³/mol. The van der Waals surface area contributed by atoms with E-state index in [1.807, 2.05) is 5.31 Å². The molecule has 2 fully saturated rings. The number of allylic oxidation sites excluding steroid dienone is 4. The van der Waals surface area contributed by atoms with Gasteiger partial charge in [0.2, 0.25) is 0 Å². The summed E-state index contributed by atoms with van der Waals surface area (Å²) in [7, 11) is 1.57. The Balaban J connectivity index is 1.65. The third kappa shape index (κ3) is 2.48. The van der Waals surface area contributed by atoms with Crippen LogP contribution >= 0.6 is 7.14 Å². The fourth-order valence-electron chi connectivity index (χ4n) is 6.22. The van der Waals surface area contributed by atoms with Crippen LogP contribution in [0.25, 0.3) is 0 Å². The summed E-state index contributed by atoms with van der Waals surface area (Å²) in [6, 6.07) is 0. The van der Waals surface area contributed by atoms with Gasteiger partial charge in [-0.1, -0.05) is 0 Å². The standard InChI is InChI=1S/C19H32BP/c20-21(17-7-3-1-4-8-17,18-9-5-2-6-10-18)19-14-15-11-12-16(19)13-15/h11-12,14-18,21H,1-10,13,20H2. The van der Waals surface area contributed by atoms with E-state index >= 15 is 0 Å². The first-order chi connectivity index (χ1) is 10.3. The number of hydrogen-bond acceptors (Lipinski definition) is 0. The Morgan fingerprint density at radius 2 is 1.38 bits per heavy atom. The van der Waals surface area contributed by atoms with E-state index in [-0.39, 0.29) is 0 Å². The summed E-state index contributed by atoms with van der Waals surface area (Å²) in [5.74, 6) is 1.69. The van der Waals surface area contributed by atoms with E-state index in [2.05, 4.69) is 25.8 Å². The van der Waals surface area contributed by atoms with Crippen LogP contribution in [0.3, 0.4) is 0 Å². The van der Waals surface area contributed by atoms with Crippen LogP contribution in [0.1, 0.15) is 70.6 Å². The molecular weight excluding hydrogens is 270 g/mol. The van der Waals surface area contributed by atoms with Gasteiger partial charge >= 0.3 is 132 Å². The van der Waals surface area contributed by atoms with Gasteiger partial charge in [-0.15, -0.1) is 0 Å². The van der Waals surface area contributed by atoms with Gasteiger partial charge in [-0.05, 0) is 0 Å². The Kier molecular flexibility index (Phi) is 4.08. The van der Waals surface area contributed by atoms with Crippen molar-refractivity contribution in [3.63, 3.8) is 0 Å². The molecule has 2 unspecified atom stereocenters. The van der Waals surface area contributed by atoms with Crippen LogP contribution in [0.2, 0.25) is 0 Å². The molecule has 0 aromatic heterocycles. The summed E-state index contributed by atoms with van der Waals surface area (Å²) >= 11 is 0. The maximum absolute atomic E-state index is 2.83. The molecule has 116 valence electrons. The van der Waals surface area contributed by atoms with Gasteiger partial charge in [-0.2, -0.15) is 0 Å². The van der Waals surface area contributed by atoms with Crippen molar-refractivity contribution < 1.29 is 0 Å². The van der Waals surface area contributed by atoms with Gasteiger partial charge in [0.1, 0.15) is 0 Å². The van der Waals surface area contributed by atoms with Gasteiger partial charge in [-0.25, -0.2) is 0 Å². The van der Waals surface area contributed by atoms with Gasteiger partial charge in [0.25, 0.3) is 0 Å². The molecule has 2 saturated carbocycles. The second kappa shape index (κ2) is 5.88. The number of hydrogen-bond donors (Lipinski definition) is 0. The first kappa shape index (κ1) is 14.6. The summed E-state index contributed by atoms with van der Waals surface area (Å²) in [4.78, 5) is 0. The zero-order valence-corrected chi connectivity index (χ0v) is 14.8. The third-order valence-electron chi connectivity index (χ3n) is 7.44. The molecule has 0 radical (unpaired) electrons. The first-order valence-electron chi connectivity index (χ1n) is 9.69. The second-order valence-electron chi connectivity index (χ2n) is 8.47. The van der Waals surface area contributed by atoms with Crippen LogP contribution in [-0.2, 0) is 0 Å². The predicted octanol–water partition coefficient (Wildman–Crippen LogP) is 5.04. The molecule has 2 heteroatoms.